The molecule has 2 aromatic rings. The van der Waals surface area contributed by atoms with Crippen molar-refractivity contribution in [2.45, 2.75) is 26.2 Å². The molecule has 1 heterocycles. The largest absolute Gasteiger partial charge is 0.246 e. The molecule has 0 bridgehead atoms. The van der Waals surface area contributed by atoms with E-state index in [9.17, 15) is 0 Å². The molecule has 0 aliphatic rings. The lowest BCUT2D eigenvalue weighted by molar-refractivity contribution is 0.759. The van der Waals surface area contributed by atoms with Gasteiger partial charge >= 0.3 is 0 Å². The fraction of sp³-hybridized carbons (Fsp3) is 0.357. The molecule has 0 N–H and O–H groups in total. The number of rotatable bonds is 4. The summed E-state index contributed by atoms with van der Waals surface area (Å²) in [6.07, 6.45) is 0.916. The van der Waals surface area contributed by atoms with Crippen LogP contribution in [0, 0.1) is 13.8 Å². The van der Waals surface area contributed by atoms with Crippen molar-refractivity contribution >= 4 is 38.9 Å². The lowest BCUT2D eigenvalue weighted by Crippen LogP contribution is -2.04. The second-order valence-electron chi connectivity index (χ2n) is 4.36. The van der Waals surface area contributed by atoms with Gasteiger partial charge in [0.15, 0.2) is 0 Å². The molecule has 18 heavy (non-hydrogen) atoms. The molecule has 1 nitrogen and oxygen atoms in total. The highest BCUT2D eigenvalue weighted by atomic mass is 79.9. The second kappa shape index (κ2) is 6.18. The van der Waals surface area contributed by atoms with Crippen LogP contribution >= 0.6 is 38.9 Å². The molecule has 1 atom stereocenters. The van der Waals surface area contributed by atoms with Gasteiger partial charge in [-0.25, -0.2) is 4.98 Å². The fourth-order valence-corrected chi connectivity index (χ4v) is 3.58. The number of halogens is 2. The van der Waals surface area contributed by atoms with Gasteiger partial charge in [-0.15, -0.1) is 22.9 Å². The molecule has 0 fully saturated rings. The quantitative estimate of drug-likeness (QED) is 0.704. The minimum Gasteiger partial charge on any atom is -0.246 e. The maximum absolute atomic E-state index is 6.11. The number of alkyl halides is 1. The van der Waals surface area contributed by atoms with Crippen LogP contribution in [-0.4, -0.2) is 10.9 Å². The zero-order chi connectivity index (χ0) is 13.1. The van der Waals surface area contributed by atoms with Crippen LogP contribution in [0.15, 0.2) is 28.7 Å². The summed E-state index contributed by atoms with van der Waals surface area (Å²) in [7, 11) is 0. The Morgan fingerprint density at radius 3 is 2.72 bits per heavy atom. The van der Waals surface area contributed by atoms with Crippen LogP contribution < -0.4 is 0 Å². The van der Waals surface area contributed by atoms with Gasteiger partial charge in [0.05, 0.1) is 10.7 Å². The number of aryl methyl sites for hydroxylation is 2. The van der Waals surface area contributed by atoms with Crippen LogP contribution in [0.3, 0.4) is 0 Å². The van der Waals surface area contributed by atoms with Crippen molar-refractivity contribution in [3.05, 3.63) is 49.9 Å². The average Bonchev–Trinajstić information content (AvgIpc) is 2.65. The summed E-state index contributed by atoms with van der Waals surface area (Å²) in [5.41, 5.74) is 2.41. The normalized spacial score (nSPS) is 12.7. The summed E-state index contributed by atoms with van der Waals surface area (Å²) in [5, 5.41) is 1.18. The number of hydrogen-bond donors (Lipinski definition) is 0. The number of hydrogen-bond acceptors (Lipinski definition) is 2. The third-order valence-corrected chi connectivity index (χ3v) is 4.96. The maximum Gasteiger partial charge on any atom is 0.0937 e. The Hall–Kier alpha value is -0.380. The summed E-state index contributed by atoms with van der Waals surface area (Å²) >= 11 is 11.4. The number of thiazole rings is 1. The van der Waals surface area contributed by atoms with E-state index in [1.54, 1.807) is 11.3 Å². The van der Waals surface area contributed by atoms with Crippen LogP contribution in [0.4, 0.5) is 0 Å². The Kier molecular flexibility index (Phi) is 4.82. The number of nitrogens with zero attached hydrogens (tertiary/aromatic N) is 1. The minimum absolute atomic E-state index is 0.328. The molecule has 0 amide bonds. The Labute approximate surface area is 125 Å². The van der Waals surface area contributed by atoms with E-state index in [0.717, 1.165) is 16.6 Å². The molecule has 0 radical (unpaired) electrons. The fourth-order valence-electron chi connectivity index (χ4n) is 1.86. The highest BCUT2D eigenvalue weighted by Crippen LogP contribution is 2.27. The van der Waals surface area contributed by atoms with Gasteiger partial charge in [-0.05, 0) is 31.5 Å². The first-order valence-electron chi connectivity index (χ1n) is 5.84. The van der Waals surface area contributed by atoms with E-state index in [2.05, 4.69) is 53.0 Å². The van der Waals surface area contributed by atoms with Crippen LogP contribution in [0.2, 0.25) is 0 Å². The van der Waals surface area contributed by atoms with Crippen molar-refractivity contribution < 1.29 is 0 Å². The van der Waals surface area contributed by atoms with E-state index in [0.29, 0.717) is 11.8 Å². The van der Waals surface area contributed by atoms with E-state index in [-0.39, 0.29) is 0 Å². The standard InChI is InChI=1S/C14H15BrClNS/c1-9-10(2)18-14(17-9)7-12(8-16)11-4-3-5-13(15)6-11/h3-6,12H,7-8H2,1-2H3. The molecule has 0 aliphatic heterocycles. The van der Waals surface area contributed by atoms with Gasteiger partial charge in [0.2, 0.25) is 0 Å². The van der Waals surface area contributed by atoms with Gasteiger partial charge in [0, 0.05) is 27.6 Å². The highest BCUT2D eigenvalue weighted by Gasteiger charge is 2.14. The molecule has 1 aromatic carbocycles. The van der Waals surface area contributed by atoms with Crippen molar-refractivity contribution in [3.63, 3.8) is 0 Å². The van der Waals surface area contributed by atoms with Crippen LogP contribution in [0.25, 0.3) is 0 Å². The Bertz CT molecular complexity index is 519. The van der Waals surface area contributed by atoms with E-state index >= 15 is 0 Å². The predicted molar refractivity (Wildman–Crippen MR) is 82.9 cm³/mol. The molecule has 0 saturated heterocycles. The van der Waals surface area contributed by atoms with Gasteiger partial charge in [-0.1, -0.05) is 28.1 Å². The van der Waals surface area contributed by atoms with Gasteiger partial charge < -0.3 is 0 Å². The van der Waals surface area contributed by atoms with Gasteiger partial charge in [-0.2, -0.15) is 0 Å². The summed E-state index contributed by atoms with van der Waals surface area (Å²) in [5.74, 6) is 0.947. The van der Waals surface area contributed by atoms with Gasteiger partial charge in [0.25, 0.3) is 0 Å². The SMILES string of the molecule is Cc1nc(CC(CCl)c2cccc(Br)c2)sc1C. The molecule has 0 saturated carbocycles. The molecule has 96 valence electrons. The Balaban J connectivity index is 2.19. The van der Waals surface area contributed by atoms with Crippen LogP contribution in [-0.2, 0) is 6.42 Å². The first-order chi connectivity index (χ1) is 8.60. The monoisotopic (exact) mass is 343 g/mol. The van der Waals surface area contributed by atoms with Crippen molar-refractivity contribution in [2.24, 2.45) is 0 Å². The lowest BCUT2D eigenvalue weighted by atomic mass is 9.98. The summed E-state index contributed by atoms with van der Waals surface area (Å²) in [6, 6.07) is 8.36. The van der Waals surface area contributed by atoms with Crippen LogP contribution in [0.1, 0.15) is 27.1 Å². The van der Waals surface area contributed by atoms with Gasteiger partial charge in [-0.3, -0.25) is 0 Å². The lowest BCUT2D eigenvalue weighted by Gasteiger charge is -2.13. The molecule has 1 unspecified atom stereocenters. The second-order valence-corrected chi connectivity index (χ2v) is 6.87. The zero-order valence-corrected chi connectivity index (χ0v) is 13.6. The van der Waals surface area contributed by atoms with Gasteiger partial charge in [0.1, 0.15) is 0 Å². The van der Waals surface area contributed by atoms with E-state index in [4.69, 9.17) is 11.6 Å². The smallest absolute Gasteiger partial charge is 0.0937 e. The van der Waals surface area contributed by atoms with Crippen molar-refractivity contribution in [1.29, 1.82) is 0 Å². The first-order valence-corrected chi connectivity index (χ1v) is 7.99. The molecule has 2 rings (SSSR count). The summed E-state index contributed by atoms with van der Waals surface area (Å²) < 4.78 is 1.10. The molecule has 0 aliphatic carbocycles. The van der Waals surface area contributed by atoms with E-state index < -0.39 is 0 Å². The number of aromatic nitrogens is 1. The highest BCUT2D eigenvalue weighted by molar-refractivity contribution is 9.10. The molecule has 1 aromatic heterocycles. The molecule has 0 spiro atoms. The molecule has 4 heteroatoms. The minimum atomic E-state index is 0.328. The van der Waals surface area contributed by atoms with Crippen molar-refractivity contribution in [2.75, 3.05) is 5.88 Å². The molecular weight excluding hydrogens is 330 g/mol. The zero-order valence-electron chi connectivity index (χ0n) is 10.4. The predicted octanol–water partition coefficient (Wildman–Crippen LogP) is 5.09. The molecular formula is C14H15BrClNS. The van der Waals surface area contributed by atoms with Crippen molar-refractivity contribution in [3.8, 4) is 0 Å². The van der Waals surface area contributed by atoms with Crippen LogP contribution in [0.5, 0.6) is 0 Å². The number of benzene rings is 1. The average molecular weight is 345 g/mol. The van der Waals surface area contributed by atoms with E-state index in [1.807, 2.05) is 6.07 Å². The van der Waals surface area contributed by atoms with Crippen molar-refractivity contribution in [1.82, 2.24) is 4.98 Å². The van der Waals surface area contributed by atoms with E-state index in [1.165, 1.54) is 15.4 Å². The third-order valence-electron chi connectivity index (χ3n) is 3.00. The summed E-state index contributed by atoms with van der Waals surface area (Å²) in [6.45, 7) is 4.18. The Morgan fingerprint density at radius 2 is 2.17 bits per heavy atom. The Morgan fingerprint density at radius 1 is 1.39 bits per heavy atom. The first kappa shape index (κ1) is 14.0. The maximum atomic E-state index is 6.11. The topological polar surface area (TPSA) is 12.9 Å². The summed E-state index contributed by atoms with van der Waals surface area (Å²) in [4.78, 5) is 5.89. The third kappa shape index (κ3) is 3.34.